The van der Waals surface area contributed by atoms with E-state index in [9.17, 15) is 35.1 Å². The van der Waals surface area contributed by atoms with Crippen LogP contribution in [0.3, 0.4) is 0 Å². The molecule has 5 atom stereocenters. The number of benzene rings is 2. The third-order valence-corrected chi connectivity index (χ3v) is 4.91. The average Bonchev–Trinajstić information content (AvgIpc) is 2.83. The zero-order chi connectivity index (χ0) is 24.7. The maximum Gasteiger partial charge on any atom is 0.371 e. The molecule has 0 amide bonds. The smallest absolute Gasteiger partial charge is 0.371 e. The minimum absolute atomic E-state index is 0.0744. The number of hydrogen-bond acceptors (Lipinski definition) is 9. The number of phenols is 1. The van der Waals surface area contributed by atoms with E-state index in [1.807, 2.05) is 0 Å². The third kappa shape index (κ3) is 6.65. The standard InChI is InChI=1S/C24H24O10/c25-16-9-6-14(7-10-16)8-11-19(26)32-13-18-20(27)21(28)22(29)24(34-18)33-17(23(30)31)12-15-4-2-1-3-5-15/h1-12,18,20-22,24-25,27-29H,13H2,(H,30,31)/b11-8+,17-12-/t18-,20-,21+,22-,24-/m1/s1. The molecule has 1 aliphatic heterocycles. The van der Waals surface area contributed by atoms with Gasteiger partial charge in [-0.1, -0.05) is 42.5 Å². The maximum absolute atomic E-state index is 12.0. The van der Waals surface area contributed by atoms with Crippen molar-refractivity contribution in [1.82, 2.24) is 0 Å². The molecule has 10 heteroatoms. The second kappa shape index (κ2) is 11.4. The molecule has 0 saturated carbocycles. The van der Waals surface area contributed by atoms with Crippen molar-refractivity contribution < 1.29 is 49.3 Å². The molecule has 34 heavy (non-hydrogen) atoms. The predicted molar refractivity (Wildman–Crippen MR) is 118 cm³/mol. The summed E-state index contributed by atoms with van der Waals surface area (Å²) in [6.07, 6.45) is -4.34. The van der Waals surface area contributed by atoms with E-state index in [0.29, 0.717) is 11.1 Å². The van der Waals surface area contributed by atoms with Gasteiger partial charge in [-0.25, -0.2) is 9.59 Å². The Morgan fingerprint density at radius 2 is 1.59 bits per heavy atom. The maximum atomic E-state index is 12.0. The minimum Gasteiger partial charge on any atom is -0.508 e. The van der Waals surface area contributed by atoms with E-state index in [1.54, 1.807) is 42.5 Å². The van der Waals surface area contributed by atoms with Gasteiger partial charge in [-0.15, -0.1) is 0 Å². The van der Waals surface area contributed by atoms with Gasteiger partial charge in [0, 0.05) is 6.08 Å². The number of carboxylic acid groups (broad SMARTS) is 1. The van der Waals surface area contributed by atoms with E-state index in [0.717, 1.165) is 6.08 Å². The van der Waals surface area contributed by atoms with Crippen LogP contribution in [-0.4, -0.2) is 74.8 Å². The number of carbonyl (C=O) groups is 2. The number of rotatable bonds is 8. The van der Waals surface area contributed by atoms with Gasteiger partial charge < -0.3 is 39.7 Å². The van der Waals surface area contributed by atoms with Crippen molar-refractivity contribution in [2.75, 3.05) is 6.61 Å². The van der Waals surface area contributed by atoms with Crippen molar-refractivity contribution in [3.8, 4) is 5.75 Å². The van der Waals surface area contributed by atoms with Crippen LogP contribution < -0.4 is 0 Å². The third-order valence-electron chi connectivity index (χ3n) is 4.91. The monoisotopic (exact) mass is 472 g/mol. The highest BCUT2D eigenvalue weighted by atomic mass is 16.7. The van der Waals surface area contributed by atoms with Crippen molar-refractivity contribution in [2.24, 2.45) is 0 Å². The number of esters is 1. The fourth-order valence-electron chi connectivity index (χ4n) is 3.09. The van der Waals surface area contributed by atoms with Gasteiger partial charge in [0.2, 0.25) is 12.0 Å². The fourth-order valence-corrected chi connectivity index (χ4v) is 3.09. The number of carbonyl (C=O) groups excluding carboxylic acids is 1. The highest BCUT2D eigenvalue weighted by molar-refractivity contribution is 5.90. The van der Waals surface area contributed by atoms with Crippen LogP contribution in [0.2, 0.25) is 0 Å². The van der Waals surface area contributed by atoms with Gasteiger partial charge in [-0.3, -0.25) is 0 Å². The summed E-state index contributed by atoms with van der Waals surface area (Å²) in [4.78, 5) is 23.6. The molecule has 1 heterocycles. The van der Waals surface area contributed by atoms with E-state index < -0.39 is 55.0 Å². The number of aliphatic hydroxyl groups excluding tert-OH is 3. The van der Waals surface area contributed by atoms with Crippen molar-refractivity contribution in [3.63, 3.8) is 0 Å². The number of aliphatic carboxylic acids is 1. The van der Waals surface area contributed by atoms with Gasteiger partial charge in [0.05, 0.1) is 0 Å². The molecule has 3 rings (SSSR count). The van der Waals surface area contributed by atoms with Gasteiger partial charge >= 0.3 is 11.9 Å². The van der Waals surface area contributed by atoms with Crippen LogP contribution in [0.5, 0.6) is 5.75 Å². The SMILES string of the molecule is O=C(/C=C/c1ccc(O)cc1)OC[C@H]1O[C@@H](O/C(=C\c2ccccc2)C(=O)O)[C@H](O)[C@@H](O)[C@@H]1O. The average molecular weight is 472 g/mol. The molecule has 2 aromatic rings. The summed E-state index contributed by atoms with van der Waals surface area (Å²) in [6.45, 7) is -0.506. The van der Waals surface area contributed by atoms with Gasteiger partial charge in [0.25, 0.3) is 0 Å². The molecule has 0 aliphatic carbocycles. The number of aromatic hydroxyl groups is 1. The highest BCUT2D eigenvalue weighted by Gasteiger charge is 2.46. The molecule has 5 N–H and O–H groups in total. The molecule has 1 saturated heterocycles. The Bertz CT molecular complexity index is 1030. The molecule has 0 aromatic heterocycles. The quantitative estimate of drug-likeness (QED) is 0.212. The molecular weight excluding hydrogens is 448 g/mol. The molecule has 1 fully saturated rings. The fraction of sp³-hybridized carbons (Fsp3) is 0.250. The zero-order valence-corrected chi connectivity index (χ0v) is 17.8. The summed E-state index contributed by atoms with van der Waals surface area (Å²) in [6, 6.07) is 14.5. The minimum atomic E-state index is -1.77. The second-order valence-corrected chi connectivity index (χ2v) is 7.41. The number of phenolic OH excluding ortho intramolecular Hbond substituents is 1. The van der Waals surface area contributed by atoms with Crippen molar-refractivity contribution in [1.29, 1.82) is 0 Å². The highest BCUT2D eigenvalue weighted by Crippen LogP contribution is 2.25. The normalized spacial score (nSPS) is 25.1. The Labute approximate surface area is 194 Å². The first-order valence-corrected chi connectivity index (χ1v) is 10.2. The molecule has 0 unspecified atom stereocenters. The summed E-state index contributed by atoms with van der Waals surface area (Å²) >= 11 is 0. The lowest BCUT2D eigenvalue weighted by molar-refractivity contribution is -0.291. The Morgan fingerprint density at radius 1 is 0.912 bits per heavy atom. The second-order valence-electron chi connectivity index (χ2n) is 7.41. The van der Waals surface area contributed by atoms with Crippen LogP contribution in [0, 0.1) is 0 Å². The summed E-state index contributed by atoms with van der Waals surface area (Å²) < 4.78 is 15.7. The lowest BCUT2D eigenvalue weighted by Gasteiger charge is -2.39. The Balaban J connectivity index is 1.64. The first-order chi connectivity index (χ1) is 16.2. The summed E-state index contributed by atoms with van der Waals surface area (Å²) in [5.41, 5.74) is 1.14. The molecule has 0 radical (unpaired) electrons. The Morgan fingerprint density at radius 3 is 2.24 bits per heavy atom. The van der Waals surface area contributed by atoms with Gasteiger partial charge in [0.1, 0.15) is 36.8 Å². The van der Waals surface area contributed by atoms with Crippen LogP contribution in [0.1, 0.15) is 11.1 Å². The molecule has 1 aliphatic rings. The Kier molecular flexibility index (Phi) is 8.39. The molecule has 2 aromatic carbocycles. The van der Waals surface area contributed by atoms with E-state index in [2.05, 4.69) is 0 Å². The summed E-state index contributed by atoms with van der Waals surface area (Å²) in [7, 11) is 0. The summed E-state index contributed by atoms with van der Waals surface area (Å²) in [5.74, 6) is -2.71. The van der Waals surface area contributed by atoms with Gasteiger partial charge in [0.15, 0.2) is 0 Å². The molecule has 0 bridgehead atoms. The number of hydrogen-bond donors (Lipinski definition) is 5. The first kappa shape index (κ1) is 24.9. The van der Waals surface area contributed by atoms with Crippen molar-refractivity contribution in [2.45, 2.75) is 30.7 Å². The molecule has 180 valence electrons. The van der Waals surface area contributed by atoms with E-state index in [1.165, 1.54) is 24.3 Å². The largest absolute Gasteiger partial charge is 0.508 e. The van der Waals surface area contributed by atoms with E-state index >= 15 is 0 Å². The first-order valence-electron chi connectivity index (χ1n) is 10.2. The van der Waals surface area contributed by atoms with E-state index in [-0.39, 0.29) is 5.75 Å². The van der Waals surface area contributed by atoms with E-state index in [4.69, 9.17) is 14.2 Å². The van der Waals surface area contributed by atoms with Crippen LogP contribution in [0.25, 0.3) is 12.2 Å². The number of carboxylic acids is 1. The van der Waals surface area contributed by atoms with Crippen LogP contribution in [0.4, 0.5) is 0 Å². The van der Waals surface area contributed by atoms with Gasteiger partial charge in [-0.05, 0) is 35.4 Å². The summed E-state index contributed by atoms with van der Waals surface area (Å²) in [5, 5.41) is 49.3. The van der Waals surface area contributed by atoms with Crippen molar-refractivity contribution >= 4 is 24.1 Å². The number of ether oxygens (including phenoxy) is 3. The van der Waals surface area contributed by atoms with Gasteiger partial charge in [-0.2, -0.15) is 0 Å². The lowest BCUT2D eigenvalue weighted by atomic mass is 9.99. The topological polar surface area (TPSA) is 163 Å². The predicted octanol–water partition coefficient (Wildman–Crippen LogP) is 0.898. The lowest BCUT2D eigenvalue weighted by Crippen LogP contribution is -2.59. The molecule has 10 nitrogen and oxygen atoms in total. The van der Waals surface area contributed by atoms with Crippen molar-refractivity contribution in [3.05, 3.63) is 77.6 Å². The van der Waals surface area contributed by atoms with Crippen LogP contribution in [-0.2, 0) is 23.8 Å². The number of aliphatic hydroxyl groups is 3. The molecule has 0 spiro atoms. The van der Waals surface area contributed by atoms with Crippen LogP contribution >= 0.6 is 0 Å². The zero-order valence-electron chi connectivity index (χ0n) is 17.8. The van der Waals surface area contributed by atoms with Crippen LogP contribution in [0.15, 0.2) is 66.4 Å². The Hall–Kier alpha value is -3.70. The molecular formula is C24H24O10.